The molecule has 0 radical (unpaired) electrons. The smallest absolute Gasteiger partial charge is 0.311 e. The molecule has 3 rings (SSSR count). The van der Waals surface area contributed by atoms with Gasteiger partial charge in [-0.3, -0.25) is 4.79 Å². The molecule has 3 nitrogen and oxygen atoms in total. The van der Waals surface area contributed by atoms with Gasteiger partial charge >= 0.3 is 5.97 Å². The average Bonchev–Trinajstić information content (AvgIpc) is 2.81. The van der Waals surface area contributed by atoms with Crippen LogP contribution in [-0.2, 0) is 16.0 Å². The van der Waals surface area contributed by atoms with Gasteiger partial charge < -0.3 is 9.30 Å². The fourth-order valence-electron chi connectivity index (χ4n) is 2.89. The Hall–Kier alpha value is -2.55. The van der Waals surface area contributed by atoms with Crippen molar-refractivity contribution >= 4 is 16.9 Å². The number of aromatic nitrogens is 1. The van der Waals surface area contributed by atoms with E-state index in [1.54, 1.807) is 0 Å². The highest BCUT2D eigenvalue weighted by Gasteiger charge is 2.18. The Labute approximate surface area is 130 Å². The fraction of sp³-hybridized carbons (Fsp3) is 0.211. The predicted molar refractivity (Wildman–Crippen MR) is 88.3 cm³/mol. The van der Waals surface area contributed by atoms with Crippen LogP contribution in [0.3, 0.4) is 0 Å². The van der Waals surface area contributed by atoms with Gasteiger partial charge in [-0.05, 0) is 37.6 Å². The van der Waals surface area contributed by atoms with E-state index < -0.39 is 0 Å². The highest BCUT2D eigenvalue weighted by atomic mass is 16.5. The molecule has 0 aliphatic carbocycles. The number of benzene rings is 2. The summed E-state index contributed by atoms with van der Waals surface area (Å²) >= 11 is 0. The molecule has 0 N–H and O–H groups in total. The Bertz CT molecular complexity index is 803. The molecule has 3 heteroatoms. The van der Waals surface area contributed by atoms with Gasteiger partial charge in [0.1, 0.15) is 0 Å². The third kappa shape index (κ3) is 2.50. The van der Waals surface area contributed by atoms with Crippen LogP contribution in [0.1, 0.15) is 18.2 Å². The molecule has 112 valence electrons. The molecule has 0 amide bonds. The summed E-state index contributed by atoms with van der Waals surface area (Å²) in [6.07, 6.45) is 0.281. The first kappa shape index (κ1) is 14.4. The van der Waals surface area contributed by atoms with E-state index in [4.69, 9.17) is 4.74 Å². The van der Waals surface area contributed by atoms with Crippen LogP contribution in [0, 0.1) is 6.92 Å². The number of hydrogen-bond donors (Lipinski definition) is 0. The van der Waals surface area contributed by atoms with E-state index in [-0.39, 0.29) is 12.4 Å². The second-order valence-corrected chi connectivity index (χ2v) is 5.24. The summed E-state index contributed by atoms with van der Waals surface area (Å²) in [5.41, 5.74) is 4.30. The Balaban J connectivity index is 2.21. The van der Waals surface area contributed by atoms with E-state index >= 15 is 0 Å². The number of nitrogens with zero attached hydrogens (tertiary/aromatic N) is 1. The second-order valence-electron chi connectivity index (χ2n) is 5.24. The van der Waals surface area contributed by atoms with Gasteiger partial charge in [-0.15, -0.1) is 0 Å². The van der Waals surface area contributed by atoms with Gasteiger partial charge in [-0.1, -0.05) is 36.4 Å². The zero-order valence-electron chi connectivity index (χ0n) is 12.9. The van der Waals surface area contributed by atoms with Crippen molar-refractivity contribution < 1.29 is 9.53 Å². The third-order valence-corrected chi connectivity index (χ3v) is 3.88. The molecule has 0 saturated carbocycles. The maximum Gasteiger partial charge on any atom is 0.311 e. The maximum atomic E-state index is 12.0. The van der Waals surface area contributed by atoms with E-state index in [0.717, 1.165) is 22.5 Å². The minimum absolute atomic E-state index is 0.189. The first-order chi connectivity index (χ1) is 10.7. The molecule has 2 aromatic carbocycles. The molecule has 0 fully saturated rings. The SMILES string of the molecule is CCOC(=O)Cc1c(C)c2ccccc2n1-c1ccccc1. The quantitative estimate of drug-likeness (QED) is 0.680. The molecule has 3 aromatic rings. The summed E-state index contributed by atoms with van der Waals surface area (Å²) in [7, 11) is 0. The summed E-state index contributed by atoms with van der Waals surface area (Å²) in [6, 6.07) is 18.4. The molecular weight excluding hydrogens is 274 g/mol. The molecule has 0 saturated heterocycles. The van der Waals surface area contributed by atoms with Crippen molar-refractivity contribution in [3.63, 3.8) is 0 Å². The summed E-state index contributed by atoms with van der Waals surface area (Å²) < 4.78 is 7.29. The topological polar surface area (TPSA) is 31.2 Å². The first-order valence-corrected chi connectivity index (χ1v) is 7.52. The number of carbonyl (C=O) groups excluding carboxylic acids is 1. The van der Waals surface area contributed by atoms with Crippen LogP contribution in [0.2, 0.25) is 0 Å². The monoisotopic (exact) mass is 293 g/mol. The fourth-order valence-corrected chi connectivity index (χ4v) is 2.89. The van der Waals surface area contributed by atoms with Crippen molar-refractivity contribution in [2.75, 3.05) is 6.61 Å². The van der Waals surface area contributed by atoms with Crippen molar-refractivity contribution in [2.45, 2.75) is 20.3 Å². The predicted octanol–water partition coefficient (Wildman–Crippen LogP) is 4.04. The molecule has 0 spiro atoms. The van der Waals surface area contributed by atoms with Crippen LogP contribution in [0.15, 0.2) is 54.6 Å². The number of carbonyl (C=O) groups is 1. The number of esters is 1. The lowest BCUT2D eigenvalue weighted by Crippen LogP contribution is -2.12. The molecule has 0 unspecified atom stereocenters. The summed E-state index contributed by atoms with van der Waals surface area (Å²) in [4.78, 5) is 12.0. The number of ether oxygens (including phenoxy) is 1. The van der Waals surface area contributed by atoms with Crippen molar-refractivity contribution in [3.8, 4) is 5.69 Å². The van der Waals surface area contributed by atoms with E-state index in [1.807, 2.05) is 37.3 Å². The highest BCUT2D eigenvalue weighted by molar-refractivity contribution is 5.89. The van der Waals surface area contributed by atoms with Crippen LogP contribution in [0.25, 0.3) is 16.6 Å². The normalized spacial score (nSPS) is 10.8. The summed E-state index contributed by atoms with van der Waals surface area (Å²) in [5, 5.41) is 1.17. The second kappa shape index (κ2) is 6.06. The van der Waals surface area contributed by atoms with E-state index in [0.29, 0.717) is 6.61 Å². The largest absolute Gasteiger partial charge is 0.466 e. The number of fused-ring (bicyclic) bond motifs is 1. The van der Waals surface area contributed by atoms with E-state index in [9.17, 15) is 4.79 Å². The van der Waals surface area contributed by atoms with Crippen LogP contribution in [-0.4, -0.2) is 17.1 Å². The van der Waals surface area contributed by atoms with Gasteiger partial charge in [0.2, 0.25) is 0 Å². The van der Waals surface area contributed by atoms with Gasteiger partial charge in [0.15, 0.2) is 0 Å². The maximum absolute atomic E-state index is 12.0. The van der Waals surface area contributed by atoms with Gasteiger partial charge in [0, 0.05) is 16.8 Å². The van der Waals surface area contributed by atoms with Crippen LogP contribution < -0.4 is 0 Å². The summed E-state index contributed by atoms with van der Waals surface area (Å²) in [6.45, 7) is 4.30. The molecule has 0 aliphatic heterocycles. The minimum atomic E-state index is -0.189. The Kier molecular flexibility index (Phi) is 3.96. The van der Waals surface area contributed by atoms with Crippen LogP contribution in [0.5, 0.6) is 0 Å². The number of rotatable bonds is 4. The summed E-state index contributed by atoms with van der Waals surface area (Å²) in [5.74, 6) is -0.189. The molecule has 22 heavy (non-hydrogen) atoms. The minimum Gasteiger partial charge on any atom is -0.466 e. The lowest BCUT2D eigenvalue weighted by Gasteiger charge is -2.11. The molecule has 0 bridgehead atoms. The lowest BCUT2D eigenvalue weighted by atomic mass is 10.1. The van der Waals surface area contributed by atoms with E-state index in [2.05, 4.69) is 35.8 Å². The average molecular weight is 293 g/mol. The Morgan fingerprint density at radius 2 is 1.73 bits per heavy atom. The first-order valence-electron chi connectivity index (χ1n) is 7.52. The van der Waals surface area contributed by atoms with Crippen molar-refractivity contribution in [1.29, 1.82) is 0 Å². The van der Waals surface area contributed by atoms with E-state index in [1.165, 1.54) is 5.39 Å². The Morgan fingerprint density at radius 1 is 1.05 bits per heavy atom. The Morgan fingerprint density at radius 3 is 2.45 bits per heavy atom. The van der Waals surface area contributed by atoms with Crippen LogP contribution >= 0.6 is 0 Å². The molecule has 0 aliphatic rings. The number of para-hydroxylation sites is 2. The zero-order chi connectivity index (χ0) is 15.5. The molecule has 1 aromatic heterocycles. The highest BCUT2D eigenvalue weighted by Crippen LogP contribution is 2.29. The van der Waals surface area contributed by atoms with Crippen molar-refractivity contribution in [2.24, 2.45) is 0 Å². The van der Waals surface area contributed by atoms with Crippen LogP contribution in [0.4, 0.5) is 0 Å². The molecule has 0 atom stereocenters. The third-order valence-electron chi connectivity index (χ3n) is 3.88. The number of aryl methyl sites for hydroxylation is 1. The van der Waals surface area contributed by atoms with Gasteiger partial charge in [-0.25, -0.2) is 0 Å². The molecule has 1 heterocycles. The van der Waals surface area contributed by atoms with Crippen molar-refractivity contribution in [3.05, 3.63) is 65.9 Å². The molecular formula is C19H19NO2. The zero-order valence-corrected chi connectivity index (χ0v) is 12.9. The number of hydrogen-bond acceptors (Lipinski definition) is 2. The van der Waals surface area contributed by atoms with Gasteiger partial charge in [0.25, 0.3) is 0 Å². The standard InChI is InChI=1S/C19H19NO2/c1-3-22-19(21)13-18-14(2)16-11-7-8-12-17(16)20(18)15-9-5-4-6-10-15/h4-12H,3,13H2,1-2H3. The van der Waals surface area contributed by atoms with Gasteiger partial charge in [-0.2, -0.15) is 0 Å². The van der Waals surface area contributed by atoms with Gasteiger partial charge in [0.05, 0.1) is 18.5 Å². The lowest BCUT2D eigenvalue weighted by molar-refractivity contribution is -0.142. The van der Waals surface area contributed by atoms with Crippen molar-refractivity contribution in [1.82, 2.24) is 4.57 Å².